The molecule has 1 fully saturated rings. The van der Waals surface area contributed by atoms with Crippen molar-refractivity contribution in [3.8, 4) is 0 Å². The minimum absolute atomic E-state index is 0.152. The first-order valence-electron chi connectivity index (χ1n) is 3.23. The maximum Gasteiger partial charge on any atom is 0.111 e. The molecule has 0 aromatic rings. The number of ether oxygens (including phenoxy) is 2. The molecule has 1 heterocycles. The third kappa shape index (κ3) is 1.29. The Labute approximate surface area is 59.4 Å². The normalized spacial score (nSPS) is 40.5. The molecule has 4 nitrogen and oxygen atoms in total. The van der Waals surface area contributed by atoms with Crippen molar-refractivity contribution in [2.75, 3.05) is 20.3 Å². The minimum atomic E-state index is -0.685. The van der Waals surface area contributed by atoms with Gasteiger partial charge in [0.1, 0.15) is 18.3 Å². The van der Waals surface area contributed by atoms with Gasteiger partial charge in [0.2, 0.25) is 0 Å². The van der Waals surface area contributed by atoms with Crippen LogP contribution in [0.25, 0.3) is 0 Å². The van der Waals surface area contributed by atoms with Crippen LogP contribution in [-0.2, 0) is 9.47 Å². The molecule has 0 aromatic carbocycles. The minimum Gasteiger partial charge on any atom is -0.394 e. The van der Waals surface area contributed by atoms with E-state index in [2.05, 4.69) is 0 Å². The van der Waals surface area contributed by atoms with Crippen LogP contribution in [0.3, 0.4) is 0 Å². The fourth-order valence-corrected chi connectivity index (χ4v) is 1.02. The van der Waals surface area contributed by atoms with E-state index in [1.54, 1.807) is 0 Å². The average molecular weight is 148 g/mol. The number of aliphatic hydroxyl groups is 2. The van der Waals surface area contributed by atoms with E-state index in [1.807, 2.05) is 0 Å². The van der Waals surface area contributed by atoms with Crippen molar-refractivity contribution in [1.29, 1.82) is 0 Å². The molecule has 1 aliphatic rings. The summed E-state index contributed by atoms with van der Waals surface area (Å²) in [4.78, 5) is 0. The van der Waals surface area contributed by atoms with Gasteiger partial charge in [0.25, 0.3) is 0 Å². The van der Waals surface area contributed by atoms with Crippen molar-refractivity contribution >= 4 is 0 Å². The van der Waals surface area contributed by atoms with E-state index in [1.165, 1.54) is 7.11 Å². The highest BCUT2D eigenvalue weighted by molar-refractivity contribution is 4.83. The van der Waals surface area contributed by atoms with E-state index in [0.29, 0.717) is 6.61 Å². The molecule has 0 radical (unpaired) electrons. The lowest BCUT2D eigenvalue weighted by atomic mass is 10.2. The highest BCUT2D eigenvalue weighted by atomic mass is 16.6. The molecule has 1 saturated heterocycles. The summed E-state index contributed by atoms with van der Waals surface area (Å²) < 4.78 is 9.86. The zero-order valence-electron chi connectivity index (χ0n) is 5.86. The van der Waals surface area contributed by atoms with Gasteiger partial charge in [0.05, 0.1) is 13.2 Å². The smallest absolute Gasteiger partial charge is 0.111 e. The zero-order valence-corrected chi connectivity index (χ0v) is 5.86. The third-order valence-corrected chi connectivity index (χ3v) is 1.72. The summed E-state index contributed by atoms with van der Waals surface area (Å²) in [5.41, 5.74) is 0. The van der Waals surface area contributed by atoms with Gasteiger partial charge >= 0.3 is 0 Å². The van der Waals surface area contributed by atoms with E-state index in [-0.39, 0.29) is 12.7 Å². The first-order chi connectivity index (χ1) is 4.79. The lowest BCUT2D eigenvalue weighted by Crippen LogP contribution is -2.33. The van der Waals surface area contributed by atoms with Crippen LogP contribution in [0.4, 0.5) is 0 Å². The van der Waals surface area contributed by atoms with Gasteiger partial charge in [0, 0.05) is 7.11 Å². The molecule has 0 aromatic heterocycles. The van der Waals surface area contributed by atoms with Crippen molar-refractivity contribution < 1.29 is 19.7 Å². The van der Waals surface area contributed by atoms with Crippen molar-refractivity contribution in [2.24, 2.45) is 0 Å². The third-order valence-electron chi connectivity index (χ3n) is 1.72. The summed E-state index contributed by atoms with van der Waals surface area (Å²) in [6.45, 7) is 0.212. The van der Waals surface area contributed by atoms with Gasteiger partial charge in [-0.25, -0.2) is 0 Å². The summed E-state index contributed by atoms with van der Waals surface area (Å²) in [5, 5.41) is 17.8. The van der Waals surface area contributed by atoms with Gasteiger partial charge in [-0.15, -0.1) is 0 Å². The zero-order chi connectivity index (χ0) is 7.56. The Balaban J connectivity index is 2.41. The standard InChI is InChI=1S/C6H12O4/c1-9-5-3-10-4(2-7)6(5)8/h4-8H,2-3H2,1H3/t4-,5-,6-/m1/s1. The van der Waals surface area contributed by atoms with Crippen LogP contribution < -0.4 is 0 Å². The molecular weight excluding hydrogens is 136 g/mol. The van der Waals surface area contributed by atoms with Crippen LogP contribution >= 0.6 is 0 Å². The molecule has 60 valence electrons. The Morgan fingerprint density at radius 1 is 1.70 bits per heavy atom. The summed E-state index contributed by atoms with van der Waals surface area (Å²) in [5.74, 6) is 0. The van der Waals surface area contributed by atoms with Gasteiger partial charge in [-0.2, -0.15) is 0 Å². The van der Waals surface area contributed by atoms with E-state index in [0.717, 1.165) is 0 Å². The Kier molecular flexibility index (Phi) is 2.62. The van der Waals surface area contributed by atoms with Gasteiger partial charge in [-0.05, 0) is 0 Å². The van der Waals surface area contributed by atoms with Crippen LogP contribution in [0.1, 0.15) is 0 Å². The average Bonchev–Trinajstić information content (AvgIpc) is 2.30. The second-order valence-electron chi connectivity index (χ2n) is 2.32. The monoisotopic (exact) mass is 148 g/mol. The molecule has 2 N–H and O–H groups in total. The van der Waals surface area contributed by atoms with Crippen LogP contribution in [0.2, 0.25) is 0 Å². The largest absolute Gasteiger partial charge is 0.394 e. The van der Waals surface area contributed by atoms with Crippen molar-refractivity contribution in [3.05, 3.63) is 0 Å². The molecule has 0 aliphatic carbocycles. The van der Waals surface area contributed by atoms with Gasteiger partial charge in [-0.3, -0.25) is 0 Å². The molecule has 0 amide bonds. The van der Waals surface area contributed by atoms with Gasteiger partial charge in [0.15, 0.2) is 0 Å². The first-order valence-corrected chi connectivity index (χ1v) is 3.23. The molecule has 0 unspecified atom stereocenters. The van der Waals surface area contributed by atoms with E-state index in [4.69, 9.17) is 14.6 Å². The van der Waals surface area contributed by atoms with Crippen LogP contribution in [0.5, 0.6) is 0 Å². The molecule has 0 saturated carbocycles. The Morgan fingerprint density at radius 2 is 2.40 bits per heavy atom. The molecule has 0 bridgehead atoms. The van der Waals surface area contributed by atoms with E-state index >= 15 is 0 Å². The fourth-order valence-electron chi connectivity index (χ4n) is 1.02. The SMILES string of the molecule is CO[C@@H]1CO[C@H](CO)[C@H]1O. The van der Waals surface area contributed by atoms with E-state index in [9.17, 15) is 5.11 Å². The summed E-state index contributed by atoms with van der Waals surface area (Å²) in [7, 11) is 1.51. The second-order valence-corrected chi connectivity index (χ2v) is 2.32. The topological polar surface area (TPSA) is 58.9 Å². The quantitative estimate of drug-likeness (QED) is 0.514. The number of rotatable bonds is 2. The predicted octanol–water partition coefficient (Wildman–Crippen LogP) is -1.25. The molecule has 1 aliphatic heterocycles. The number of hydrogen-bond donors (Lipinski definition) is 2. The molecule has 1 rings (SSSR count). The van der Waals surface area contributed by atoms with Crippen LogP contribution in [-0.4, -0.2) is 48.8 Å². The van der Waals surface area contributed by atoms with E-state index < -0.39 is 12.2 Å². The van der Waals surface area contributed by atoms with Crippen LogP contribution in [0, 0.1) is 0 Å². The van der Waals surface area contributed by atoms with Gasteiger partial charge in [-0.1, -0.05) is 0 Å². The van der Waals surface area contributed by atoms with Crippen LogP contribution in [0.15, 0.2) is 0 Å². The lowest BCUT2D eigenvalue weighted by molar-refractivity contribution is -0.0141. The lowest BCUT2D eigenvalue weighted by Gasteiger charge is -2.13. The maximum absolute atomic E-state index is 9.24. The summed E-state index contributed by atoms with van der Waals surface area (Å²) in [6.07, 6.45) is -1.43. The van der Waals surface area contributed by atoms with Gasteiger partial charge < -0.3 is 19.7 Å². The molecule has 0 spiro atoms. The molecule has 10 heavy (non-hydrogen) atoms. The summed E-state index contributed by atoms with van der Waals surface area (Å²) >= 11 is 0. The number of aliphatic hydroxyl groups excluding tert-OH is 2. The molecule has 4 heteroatoms. The number of hydrogen-bond acceptors (Lipinski definition) is 4. The Morgan fingerprint density at radius 3 is 2.70 bits per heavy atom. The van der Waals surface area contributed by atoms with Crippen molar-refractivity contribution in [2.45, 2.75) is 18.3 Å². The summed E-state index contributed by atoms with van der Waals surface area (Å²) in [6, 6.07) is 0. The predicted molar refractivity (Wildman–Crippen MR) is 33.6 cm³/mol. The number of methoxy groups -OCH3 is 1. The highest BCUT2D eigenvalue weighted by Crippen LogP contribution is 2.15. The Hall–Kier alpha value is -0.160. The second kappa shape index (κ2) is 3.30. The fraction of sp³-hybridized carbons (Fsp3) is 1.00. The maximum atomic E-state index is 9.24. The Bertz CT molecular complexity index is 93.9. The van der Waals surface area contributed by atoms with Crippen molar-refractivity contribution in [3.63, 3.8) is 0 Å². The first kappa shape index (κ1) is 7.94. The highest BCUT2D eigenvalue weighted by Gasteiger charge is 2.35. The molecule has 3 atom stereocenters. The molecular formula is C6H12O4. The van der Waals surface area contributed by atoms with Crippen molar-refractivity contribution in [1.82, 2.24) is 0 Å².